The Morgan fingerprint density at radius 2 is 1.92 bits per heavy atom. The highest BCUT2D eigenvalue weighted by atomic mass is 32.1. The fourth-order valence-electron chi connectivity index (χ4n) is 2.81. The Hall–Kier alpha value is -2.93. The van der Waals surface area contributed by atoms with Crippen LogP contribution in [0.25, 0.3) is 10.9 Å². The Kier molecular flexibility index (Phi) is 5.18. The van der Waals surface area contributed by atoms with Crippen LogP contribution < -0.4 is 15.6 Å². The smallest absolute Gasteiger partial charge is 0.259 e. The fourth-order valence-corrected chi connectivity index (χ4v) is 3.01. The van der Waals surface area contributed by atoms with Crippen molar-refractivity contribution in [1.82, 2.24) is 15.3 Å². The van der Waals surface area contributed by atoms with Crippen LogP contribution in [0.4, 0.5) is 0 Å². The molecule has 134 valence electrons. The highest BCUT2D eigenvalue weighted by Crippen LogP contribution is 2.21. The predicted molar refractivity (Wildman–Crippen MR) is 103 cm³/mol. The summed E-state index contributed by atoms with van der Waals surface area (Å²) in [5.41, 5.74) is 1.71. The van der Waals surface area contributed by atoms with Crippen LogP contribution in [-0.4, -0.2) is 23.0 Å². The quantitative estimate of drug-likeness (QED) is 0.601. The minimum absolute atomic E-state index is 0.123. The molecule has 1 heterocycles. The normalized spacial score (nSPS) is 11.9. The molecule has 0 fully saturated rings. The Morgan fingerprint density at radius 3 is 2.58 bits per heavy atom. The lowest BCUT2D eigenvalue weighted by molar-refractivity contribution is 0.0935. The van der Waals surface area contributed by atoms with E-state index in [2.05, 4.69) is 15.3 Å². The van der Waals surface area contributed by atoms with E-state index in [4.69, 9.17) is 17.0 Å². The zero-order valence-corrected chi connectivity index (χ0v) is 15.3. The van der Waals surface area contributed by atoms with Gasteiger partial charge in [0.1, 0.15) is 5.75 Å². The van der Waals surface area contributed by atoms with E-state index in [1.54, 1.807) is 25.3 Å². The van der Waals surface area contributed by atoms with E-state index in [0.717, 1.165) is 17.7 Å². The van der Waals surface area contributed by atoms with Crippen molar-refractivity contribution in [2.75, 3.05) is 7.11 Å². The number of fused-ring (bicyclic) bond motifs is 1. The molecular formula is C19H19N3O3S. The van der Waals surface area contributed by atoms with Crippen molar-refractivity contribution < 1.29 is 9.53 Å². The summed E-state index contributed by atoms with van der Waals surface area (Å²) in [5, 5.41) is 3.48. The van der Waals surface area contributed by atoms with Crippen LogP contribution in [0.5, 0.6) is 5.75 Å². The predicted octanol–water partition coefficient (Wildman–Crippen LogP) is 3.48. The number of amides is 1. The summed E-state index contributed by atoms with van der Waals surface area (Å²) in [6.45, 7) is 2.01. The van der Waals surface area contributed by atoms with Crippen LogP contribution in [0.2, 0.25) is 0 Å². The molecule has 3 rings (SSSR count). The summed E-state index contributed by atoms with van der Waals surface area (Å²) >= 11 is 4.99. The zero-order valence-electron chi connectivity index (χ0n) is 14.5. The first-order valence-corrected chi connectivity index (χ1v) is 8.64. The van der Waals surface area contributed by atoms with Gasteiger partial charge in [-0.25, -0.2) is 0 Å². The number of H-pyrrole nitrogens is 2. The first-order chi connectivity index (χ1) is 12.5. The lowest BCUT2D eigenvalue weighted by Gasteiger charge is -2.18. The molecule has 0 aliphatic rings. The highest BCUT2D eigenvalue weighted by molar-refractivity contribution is 7.71. The third-order valence-corrected chi connectivity index (χ3v) is 4.44. The molecule has 0 spiro atoms. The summed E-state index contributed by atoms with van der Waals surface area (Å²) in [6, 6.07) is 12.4. The Morgan fingerprint density at radius 1 is 1.19 bits per heavy atom. The molecule has 6 nitrogen and oxygen atoms in total. The van der Waals surface area contributed by atoms with E-state index < -0.39 is 0 Å². The second-order valence-electron chi connectivity index (χ2n) is 5.88. The van der Waals surface area contributed by atoms with Crippen LogP contribution in [0.3, 0.4) is 0 Å². The van der Waals surface area contributed by atoms with Gasteiger partial charge in [-0.05, 0) is 54.5 Å². The van der Waals surface area contributed by atoms with Crippen molar-refractivity contribution in [2.24, 2.45) is 0 Å². The molecule has 0 aliphatic carbocycles. The number of aromatic amines is 2. The molecule has 3 N–H and O–H groups in total. The van der Waals surface area contributed by atoms with Crippen LogP contribution in [-0.2, 0) is 0 Å². The first kappa shape index (κ1) is 17.9. The number of benzene rings is 2. The third-order valence-electron chi connectivity index (χ3n) is 4.23. The van der Waals surface area contributed by atoms with E-state index in [1.807, 2.05) is 31.2 Å². The van der Waals surface area contributed by atoms with Gasteiger partial charge in [-0.1, -0.05) is 19.1 Å². The van der Waals surface area contributed by atoms with E-state index in [9.17, 15) is 9.59 Å². The molecule has 0 saturated heterocycles. The van der Waals surface area contributed by atoms with E-state index in [0.29, 0.717) is 16.5 Å². The molecule has 1 atom stereocenters. The highest BCUT2D eigenvalue weighted by Gasteiger charge is 2.15. The largest absolute Gasteiger partial charge is 0.497 e. The van der Waals surface area contributed by atoms with Crippen molar-refractivity contribution >= 4 is 29.0 Å². The van der Waals surface area contributed by atoms with Crippen molar-refractivity contribution in [3.8, 4) is 5.75 Å². The Bertz CT molecular complexity index is 1050. The maximum atomic E-state index is 12.7. The minimum Gasteiger partial charge on any atom is -0.497 e. The Labute approximate surface area is 155 Å². The molecule has 0 unspecified atom stereocenters. The molecule has 0 saturated carbocycles. The number of methoxy groups -OCH3 is 1. The molecule has 7 heteroatoms. The topological polar surface area (TPSA) is 87.0 Å². The van der Waals surface area contributed by atoms with E-state index >= 15 is 0 Å². The second-order valence-corrected chi connectivity index (χ2v) is 6.28. The number of rotatable bonds is 5. The van der Waals surface area contributed by atoms with Gasteiger partial charge in [0.15, 0.2) is 4.77 Å². The van der Waals surface area contributed by atoms with Gasteiger partial charge in [0, 0.05) is 5.56 Å². The average Bonchev–Trinajstić information content (AvgIpc) is 2.65. The zero-order chi connectivity index (χ0) is 18.7. The average molecular weight is 369 g/mol. The van der Waals surface area contributed by atoms with Gasteiger partial charge in [0.05, 0.1) is 24.1 Å². The van der Waals surface area contributed by atoms with E-state index in [1.165, 1.54) is 0 Å². The number of carbonyl (C=O) groups excluding carboxylic acids is 1. The van der Waals surface area contributed by atoms with Gasteiger partial charge in [0.2, 0.25) is 0 Å². The van der Waals surface area contributed by atoms with Crippen LogP contribution in [0, 0.1) is 4.77 Å². The molecular weight excluding hydrogens is 350 g/mol. The van der Waals surface area contributed by atoms with Gasteiger partial charge in [-0.3, -0.25) is 14.6 Å². The van der Waals surface area contributed by atoms with Crippen LogP contribution >= 0.6 is 12.2 Å². The van der Waals surface area contributed by atoms with Gasteiger partial charge in [0.25, 0.3) is 11.5 Å². The first-order valence-electron chi connectivity index (χ1n) is 8.23. The standard InChI is InChI=1S/C19H19N3O3S/c1-3-15(11-4-7-13(25-2)8-5-11)20-17(23)12-6-9-14-16(10-12)21-19(26)22-18(14)24/h4-10,15H,3H2,1-2H3,(H,20,23)(H2,21,22,24,26)/t15-/m1/s1. The van der Waals surface area contributed by atoms with Crippen LogP contribution in [0.15, 0.2) is 47.3 Å². The molecule has 0 bridgehead atoms. The molecule has 1 aromatic heterocycles. The molecule has 3 aromatic rings. The second kappa shape index (κ2) is 7.53. The monoisotopic (exact) mass is 369 g/mol. The number of carbonyl (C=O) groups is 1. The third kappa shape index (κ3) is 3.67. The molecule has 2 aromatic carbocycles. The molecule has 26 heavy (non-hydrogen) atoms. The number of hydrogen-bond acceptors (Lipinski definition) is 4. The van der Waals surface area contributed by atoms with Gasteiger partial charge < -0.3 is 15.0 Å². The van der Waals surface area contributed by atoms with Crippen molar-refractivity contribution in [1.29, 1.82) is 0 Å². The molecule has 1 amide bonds. The summed E-state index contributed by atoms with van der Waals surface area (Å²) in [4.78, 5) is 30.0. The molecule has 0 aliphatic heterocycles. The van der Waals surface area contributed by atoms with Gasteiger partial charge in [-0.15, -0.1) is 0 Å². The summed E-state index contributed by atoms with van der Waals surface area (Å²) in [5.74, 6) is 0.555. The maximum Gasteiger partial charge on any atom is 0.259 e. The number of hydrogen-bond donors (Lipinski definition) is 3. The van der Waals surface area contributed by atoms with Gasteiger partial charge >= 0.3 is 0 Å². The van der Waals surface area contributed by atoms with Crippen LogP contribution in [0.1, 0.15) is 35.3 Å². The lowest BCUT2D eigenvalue weighted by atomic mass is 10.0. The SMILES string of the molecule is CC[C@@H](NC(=O)c1ccc2c(=O)[nH]c(=S)[nH]c2c1)c1ccc(OC)cc1. The van der Waals surface area contributed by atoms with E-state index in [-0.39, 0.29) is 22.3 Å². The number of nitrogens with one attached hydrogen (secondary N) is 3. The summed E-state index contributed by atoms with van der Waals surface area (Å²) in [7, 11) is 1.62. The molecule has 0 radical (unpaired) electrons. The minimum atomic E-state index is -0.277. The summed E-state index contributed by atoms with van der Waals surface area (Å²) < 4.78 is 5.39. The number of ether oxygens (including phenoxy) is 1. The maximum absolute atomic E-state index is 12.7. The van der Waals surface area contributed by atoms with Crippen molar-refractivity contribution in [3.05, 3.63) is 68.7 Å². The fraction of sp³-hybridized carbons (Fsp3) is 0.211. The van der Waals surface area contributed by atoms with Crippen molar-refractivity contribution in [2.45, 2.75) is 19.4 Å². The number of aromatic nitrogens is 2. The Balaban J connectivity index is 1.86. The van der Waals surface area contributed by atoms with Gasteiger partial charge in [-0.2, -0.15) is 0 Å². The van der Waals surface area contributed by atoms with Crippen molar-refractivity contribution in [3.63, 3.8) is 0 Å². The summed E-state index contributed by atoms with van der Waals surface area (Å²) in [6.07, 6.45) is 0.744. The lowest BCUT2D eigenvalue weighted by Crippen LogP contribution is -2.28.